The molecule has 4 heteroatoms. The van der Waals surface area contributed by atoms with Gasteiger partial charge in [-0.2, -0.15) is 0 Å². The molecular weight excluding hydrogens is 274 g/mol. The van der Waals surface area contributed by atoms with Crippen LogP contribution in [-0.4, -0.2) is 17.6 Å². The van der Waals surface area contributed by atoms with E-state index in [0.717, 1.165) is 25.1 Å². The van der Waals surface area contributed by atoms with Crippen LogP contribution in [-0.2, 0) is 6.54 Å². The second kappa shape index (κ2) is 8.77. The van der Waals surface area contributed by atoms with E-state index in [0.29, 0.717) is 5.56 Å². The lowest BCUT2D eigenvalue weighted by Crippen LogP contribution is -2.15. The van der Waals surface area contributed by atoms with Crippen LogP contribution in [0.3, 0.4) is 0 Å². The summed E-state index contributed by atoms with van der Waals surface area (Å²) >= 11 is 0. The van der Waals surface area contributed by atoms with E-state index in [9.17, 15) is 4.79 Å². The average molecular weight is 296 g/mol. The Bertz CT molecular complexity index is 454. The van der Waals surface area contributed by atoms with Gasteiger partial charge in [-0.1, -0.05) is 23.8 Å². The molecule has 2 N–H and O–H groups in total. The minimum Gasteiger partial charge on any atom is -0.478 e. The maximum atomic E-state index is 10.7. The Morgan fingerprint density at radius 3 is 2.55 bits per heavy atom. The maximum absolute atomic E-state index is 10.7. The Morgan fingerprint density at radius 1 is 1.20 bits per heavy atom. The molecule has 0 bridgehead atoms. The first-order chi connectivity index (χ1) is 9.25. The molecule has 0 atom stereocenters. The molecule has 0 spiro atoms. The molecule has 1 aromatic carbocycles. The van der Waals surface area contributed by atoms with Gasteiger partial charge in [0.15, 0.2) is 0 Å². The van der Waals surface area contributed by atoms with E-state index in [1.807, 2.05) is 12.1 Å². The fraction of sp³-hybridized carbons (Fsp3) is 0.438. The fourth-order valence-electron chi connectivity index (χ4n) is 2.38. The van der Waals surface area contributed by atoms with Crippen molar-refractivity contribution >= 4 is 18.4 Å². The number of aromatic carboxylic acids is 1. The average Bonchev–Trinajstić information content (AvgIpc) is 2.45. The zero-order chi connectivity index (χ0) is 13.5. The molecule has 0 unspecified atom stereocenters. The molecule has 0 saturated heterocycles. The Hall–Kier alpha value is -1.32. The topological polar surface area (TPSA) is 49.3 Å². The quantitative estimate of drug-likeness (QED) is 0.620. The third kappa shape index (κ3) is 5.35. The number of allylic oxidation sites excluding steroid dienone is 1. The van der Waals surface area contributed by atoms with E-state index in [1.165, 1.54) is 25.7 Å². The van der Waals surface area contributed by atoms with Crippen LogP contribution in [0.2, 0.25) is 0 Å². The molecule has 0 fully saturated rings. The summed E-state index contributed by atoms with van der Waals surface area (Å²) in [5.41, 5.74) is 3.05. The molecule has 20 heavy (non-hydrogen) atoms. The molecule has 2 rings (SSSR count). The van der Waals surface area contributed by atoms with E-state index in [1.54, 1.807) is 17.7 Å². The van der Waals surface area contributed by atoms with Gasteiger partial charge in [0.2, 0.25) is 0 Å². The third-order valence-electron chi connectivity index (χ3n) is 3.54. The molecule has 0 aliphatic heterocycles. The summed E-state index contributed by atoms with van der Waals surface area (Å²) in [5.74, 6) is -0.872. The lowest BCUT2D eigenvalue weighted by Gasteiger charge is -2.13. The summed E-state index contributed by atoms with van der Waals surface area (Å²) < 4.78 is 0. The SMILES string of the molecule is Cl.O=C(O)c1ccc(CNCCC2=CCCCC2)cc1. The normalized spacial score (nSPS) is 14.3. The highest BCUT2D eigenvalue weighted by atomic mass is 35.5. The highest BCUT2D eigenvalue weighted by Gasteiger charge is 2.03. The lowest BCUT2D eigenvalue weighted by atomic mass is 9.97. The lowest BCUT2D eigenvalue weighted by molar-refractivity contribution is 0.0697. The molecule has 0 amide bonds. The predicted molar refractivity (Wildman–Crippen MR) is 83.5 cm³/mol. The Kier molecular flexibility index (Phi) is 7.34. The van der Waals surface area contributed by atoms with Crippen molar-refractivity contribution in [3.05, 3.63) is 47.0 Å². The summed E-state index contributed by atoms with van der Waals surface area (Å²) in [4.78, 5) is 10.7. The van der Waals surface area contributed by atoms with Crippen molar-refractivity contribution in [1.82, 2.24) is 5.32 Å². The van der Waals surface area contributed by atoms with Gasteiger partial charge in [0.1, 0.15) is 0 Å². The van der Waals surface area contributed by atoms with Gasteiger partial charge in [0.05, 0.1) is 5.56 Å². The highest BCUT2D eigenvalue weighted by Crippen LogP contribution is 2.19. The van der Waals surface area contributed by atoms with Gasteiger partial charge in [0, 0.05) is 6.54 Å². The van der Waals surface area contributed by atoms with Gasteiger partial charge in [-0.3, -0.25) is 0 Å². The molecule has 1 aromatic rings. The zero-order valence-corrected chi connectivity index (χ0v) is 12.4. The molecule has 3 nitrogen and oxygen atoms in total. The number of hydrogen-bond acceptors (Lipinski definition) is 2. The van der Waals surface area contributed by atoms with Gasteiger partial charge >= 0.3 is 5.97 Å². The van der Waals surface area contributed by atoms with Crippen molar-refractivity contribution in [3.8, 4) is 0 Å². The minimum absolute atomic E-state index is 0. The van der Waals surface area contributed by atoms with Crippen LogP contribution >= 0.6 is 12.4 Å². The van der Waals surface area contributed by atoms with Gasteiger partial charge in [-0.15, -0.1) is 12.4 Å². The molecule has 0 heterocycles. The third-order valence-corrected chi connectivity index (χ3v) is 3.54. The number of hydrogen-bond donors (Lipinski definition) is 2. The van der Waals surface area contributed by atoms with Gasteiger partial charge < -0.3 is 10.4 Å². The summed E-state index contributed by atoms with van der Waals surface area (Å²) in [6.45, 7) is 1.79. The van der Waals surface area contributed by atoms with Crippen LogP contribution < -0.4 is 5.32 Å². The first-order valence-electron chi connectivity index (χ1n) is 6.96. The summed E-state index contributed by atoms with van der Waals surface area (Å²) in [6.07, 6.45) is 8.69. The molecule has 0 aromatic heterocycles. The fourth-order valence-corrected chi connectivity index (χ4v) is 2.38. The van der Waals surface area contributed by atoms with Crippen molar-refractivity contribution < 1.29 is 9.90 Å². The largest absolute Gasteiger partial charge is 0.478 e. The molecule has 0 saturated carbocycles. The van der Waals surface area contributed by atoms with E-state index in [-0.39, 0.29) is 12.4 Å². The number of nitrogens with one attached hydrogen (secondary N) is 1. The Labute approximate surface area is 126 Å². The minimum atomic E-state index is -0.872. The van der Waals surface area contributed by atoms with Crippen LogP contribution in [0.4, 0.5) is 0 Å². The Morgan fingerprint density at radius 2 is 1.95 bits per heavy atom. The van der Waals surface area contributed by atoms with Crippen molar-refractivity contribution in [2.24, 2.45) is 0 Å². The summed E-state index contributed by atoms with van der Waals surface area (Å²) in [5, 5.41) is 12.2. The number of carbonyl (C=O) groups is 1. The van der Waals surface area contributed by atoms with Crippen LogP contribution in [0.5, 0.6) is 0 Å². The second-order valence-electron chi connectivity index (χ2n) is 5.04. The number of carboxylic acid groups (broad SMARTS) is 1. The van der Waals surface area contributed by atoms with Crippen LogP contribution in [0.25, 0.3) is 0 Å². The summed E-state index contributed by atoms with van der Waals surface area (Å²) in [7, 11) is 0. The molecule has 1 aliphatic carbocycles. The standard InChI is InChI=1S/C16H21NO2.ClH/c18-16(19)15-8-6-14(7-9-15)12-17-11-10-13-4-2-1-3-5-13;/h4,6-9,17H,1-3,5,10-12H2,(H,18,19);1H. The van der Waals surface area contributed by atoms with Crippen molar-refractivity contribution in [1.29, 1.82) is 0 Å². The number of benzene rings is 1. The monoisotopic (exact) mass is 295 g/mol. The maximum Gasteiger partial charge on any atom is 0.335 e. The molecule has 1 aliphatic rings. The van der Waals surface area contributed by atoms with Crippen molar-refractivity contribution in [2.45, 2.75) is 38.6 Å². The van der Waals surface area contributed by atoms with Crippen LogP contribution in [0.15, 0.2) is 35.9 Å². The second-order valence-corrected chi connectivity index (χ2v) is 5.04. The van der Waals surface area contributed by atoms with E-state index < -0.39 is 5.97 Å². The number of halogens is 1. The predicted octanol–water partition coefficient (Wildman–Crippen LogP) is 3.79. The molecular formula is C16H22ClNO2. The van der Waals surface area contributed by atoms with Crippen LogP contribution in [0.1, 0.15) is 48.0 Å². The molecule has 110 valence electrons. The Balaban J connectivity index is 0.00000200. The zero-order valence-electron chi connectivity index (χ0n) is 11.6. The van der Waals surface area contributed by atoms with Gasteiger partial charge in [-0.25, -0.2) is 4.79 Å². The van der Waals surface area contributed by atoms with Gasteiger partial charge in [0.25, 0.3) is 0 Å². The molecule has 0 radical (unpaired) electrons. The smallest absolute Gasteiger partial charge is 0.335 e. The highest BCUT2D eigenvalue weighted by molar-refractivity contribution is 5.87. The van der Waals surface area contributed by atoms with E-state index in [2.05, 4.69) is 11.4 Å². The first-order valence-corrected chi connectivity index (χ1v) is 6.96. The number of rotatable bonds is 6. The van der Waals surface area contributed by atoms with E-state index >= 15 is 0 Å². The van der Waals surface area contributed by atoms with Gasteiger partial charge in [-0.05, 0) is 56.3 Å². The van der Waals surface area contributed by atoms with E-state index in [4.69, 9.17) is 5.11 Å². The number of carboxylic acids is 1. The summed E-state index contributed by atoms with van der Waals surface area (Å²) in [6, 6.07) is 7.05. The van der Waals surface area contributed by atoms with Crippen molar-refractivity contribution in [3.63, 3.8) is 0 Å². The first kappa shape index (κ1) is 16.7. The van der Waals surface area contributed by atoms with Crippen molar-refractivity contribution in [2.75, 3.05) is 6.54 Å². The van der Waals surface area contributed by atoms with Crippen LogP contribution in [0, 0.1) is 0 Å².